The molecular formula is C21H21BrN2O4. The van der Waals surface area contributed by atoms with Gasteiger partial charge in [-0.2, -0.15) is 5.26 Å². The predicted octanol–water partition coefficient (Wildman–Crippen LogP) is 3.66. The molecule has 0 spiro atoms. The third kappa shape index (κ3) is 3.02. The number of carbonyl (C=O) groups excluding carboxylic acids is 2. The summed E-state index contributed by atoms with van der Waals surface area (Å²) in [5.74, 6) is -1.06. The van der Waals surface area contributed by atoms with E-state index in [-0.39, 0.29) is 6.42 Å². The van der Waals surface area contributed by atoms with Crippen LogP contribution in [0.15, 0.2) is 36.4 Å². The zero-order valence-electron chi connectivity index (χ0n) is 15.8. The molecule has 0 amide bonds. The summed E-state index contributed by atoms with van der Waals surface area (Å²) in [6, 6.07) is 10.9. The van der Waals surface area contributed by atoms with Crippen LogP contribution in [-0.4, -0.2) is 37.5 Å². The number of ether oxygens (including phenoxy) is 2. The zero-order valence-corrected chi connectivity index (χ0v) is 17.4. The molecule has 0 aromatic heterocycles. The maximum absolute atomic E-state index is 13.1. The van der Waals surface area contributed by atoms with E-state index in [0.717, 1.165) is 22.5 Å². The number of nitrogens with zero attached hydrogens (tertiary/aromatic N) is 2. The van der Waals surface area contributed by atoms with E-state index in [1.807, 2.05) is 36.4 Å². The molecule has 0 saturated heterocycles. The van der Waals surface area contributed by atoms with E-state index in [2.05, 4.69) is 22.1 Å². The number of rotatable bonds is 6. The normalized spacial score (nSPS) is 20.5. The van der Waals surface area contributed by atoms with Crippen LogP contribution >= 0.6 is 15.9 Å². The summed E-state index contributed by atoms with van der Waals surface area (Å²) >= 11 is 3.42. The first-order valence-electron chi connectivity index (χ1n) is 8.97. The van der Waals surface area contributed by atoms with Crippen molar-refractivity contribution in [2.75, 3.05) is 24.4 Å². The molecule has 2 unspecified atom stereocenters. The Morgan fingerprint density at radius 3 is 2.61 bits per heavy atom. The van der Waals surface area contributed by atoms with Crippen LogP contribution in [-0.2, 0) is 24.5 Å². The second-order valence-electron chi connectivity index (χ2n) is 6.72. The molecule has 2 atom stereocenters. The number of esters is 2. The Morgan fingerprint density at radius 2 is 1.96 bits per heavy atom. The van der Waals surface area contributed by atoms with Gasteiger partial charge < -0.3 is 9.47 Å². The summed E-state index contributed by atoms with van der Waals surface area (Å²) in [7, 11) is 2.60. The number of carbonyl (C=O) groups is 2. The molecule has 146 valence electrons. The van der Waals surface area contributed by atoms with Gasteiger partial charge in [0, 0.05) is 10.7 Å². The van der Waals surface area contributed by atoms with Crippen molar-refractivity contribution in [3.8, 4) is 6.19 Å². The van der Waals surface area contributed by atoms with Gasteiger partial charge in [-0.25, -0.2) is 0 Å². The number of benzene rings is 2. The molecule has 1 aliphatic rings. The van der Waals surface area contributed by atoms with Crippen molar-refractivity contribution in [2.45, 2.75) is 30.7 Å². The molecule has 2 aromatic carbocycles. The average Bonchev–Trinajstić information content (AvgIpc) is 3.01. The van der Waals surface area contributed by atoms with E-state index in [9.17, 15) is 14.9 Å². The minimum Gasteiger partial charge on any atom is -0.469 e. The van der Waals surface area contributed by atoms with Gasteiger partial charge in [-0.3, -0.25) is 14.5 Å². The van der Waals surface area contributed by atoms with Crippen LogP contribution < -0.4 is 4.90 Å². The summed E-state index contributed by atoms with van der Waals surface area (Å²) in [5.41, 5.74) is -0.0157. The standard InChI is InChI=1S/C21H21BrN2O4/c1-27-18(25)12-21(20(26)28-2)16-10-9-14-6-3-4-7-15(14)19(16)24(13-23)17(21)8-5-11-22/h3-4,6-7,9-10,17H,5,8,11-12H2,1-2H3. The number of halogens is 1. The van der Waals surface area contributed by atoms with Crippen LogP contribution in [0.4, 0.5) is 5.69 Å². The van der Waals surface area contributed by atoms with Crippen LogP contribution in [0.5, 0.6) is 0 Å². The van der Waals surface area contributed by atoms with Gasteiger partial charge in [-0.15, -0.1) is 0 Å². The second kappa shape index (κ2) is 8.19. The lowest BCUT2D eigenvalue weighted by Gasteiger charge is -2.33. The van der Waals surface area contributed by atoms with E-state index >= 15 is 0 Å². The van der Waals surface area contributed by atoms with Crippen LogP contribution in [0.3, 0.4) is 0 Å². The van der Waals surface area contributed by atoms with Crippen LogP contribution in [0.2, 0.25) is 0 Å². The van der Waals surface area contributed by atoms with Crippen molar-refractivity contribution in [1.29, 1.82) is 5.26 Å². The molecule has 0 aliphatic carbocycles. The maximum Gasteiger partial charge on any atom is 0.319 e. The summed E-state index contributed by atoms with van der Waals surface area (Å²) in [6.07, 6.45) is 3.33. The molecule has 0 fully saturated rings. The lowest BCUT2D eigenvalue weighted by Crippen LogP contribution is -2.50. The topological polar surface area (TPSA) is 79.6 Å². The average molecular weight is 445 g/mol. The fraction of sp³-hybridized carbons (Fsp3) is 0.381. The highest BCUT2D eigenvalue weighted by Crippen LogP contribution is 2.52. The van der Waals surface area contributed by atoms with Crippen LogP contribution in [0.1, 0.15) is 24.8 Å². The highest BCUT2D eigenvalue weighted by atomic mass is 79.9. The number of fused-ring (bicyclic) bond motifs is 3. The maximum atomic E-state index is 13.1. The zero-order chi connectivity index (χ0) is 20.3. The molecular weight excluding hydrogens is 424 g/mol. The molecule has 6 nitrogen and oxygen atoms in total. The Hall–Kier alpha value is -2.59. The number of alkyl halides is 1. The first-order chi connectivity index (χ1) is 13.5. The van der Waals surface area contributed by atoms with Gasteiger partial charge >= 0.3 is 11.9 Å². The number of methoxy groups -OCH3 is 2. The lowest BCUT2D eigenvalue weighted by molar-refractivity contribution is -0.155. The number of hydrogen-bond acceptors (Lipinski definition) is 6. The van der Waals surface area contributed by atoms with Gasteiger partial charge in [0.1, 0.15) is 5.41 Å². The highest BCUT2D eigenvalue weighted by molar-refractivity contribution is 9.09. The molecule has 0 bridgehead atoms. The molecule has 2 aromatic rings. The Kier molecular flexibility index (Phi) is 5.90. The second-order valence-corrected chi connectivity index (χ2v) is 7.51. The summed E-state index contributed by atoms with van der Waals surface area (Å²) in [4.78, 5) is 27.1. The molecule has 7 heteroatoms. The van der Waals surface area contributed by atoms with Gasteiger partial charge in [-0.05, 0) is 23.8 Å². The van der Waals surface area contributed by atoms with Crippen molar-refractivity contribution in [1.82, 2.24) is 0 Å². The molecule has 1 aliphatic heterocycles. The van der Waals surface area contributed by atoms with Gasteiger partial charge in [0.25, 0.3) is 0 Å². The Morgan fingerprint density at radius 1 is 1.21 bits per heavy atom. The molecule has 28 heavy (non-hydrogen) atoms. The largest absolute Gasteiger partial charge is 0.469 e. The van der Waals surface area contributed by atoms with Gasteiger partial charge in [0.15, 0.2) is 6.19 Å². The van der Waals surface area contributed by atoms with Crippen LogP contribution in [0.25, 0.3) is 10.8 Å². The molecule has 0 radical (unpaired) electrons. The van der Waals surface area contributed by atoms with Crippen LogP contribution in [0, 0.1) is 11.5 Å². The van der Waals surface area contributed by atoms with E-state index in [1.165, 1.54) is 14.2 Å². The van der Waals surface area contributed by atoms with E-state index in [4.69, 9.17) is 9.47 Å². The predicted molar refractivity (Wildman–Crippen MR) is 109 cm³/mol. The third-order valence-electron chi connectivity index (χ3n) is 5.42. The van der Waals surface area contributed by atoms with Crippen molar-refractivity contribution < 1.29 is 19.1 Å². The third-order valence-corrected chi connectivity index (χ3v) is 5.98. The van der Waals surface area contributed by atoms with Crippen molar-refractivity contribution in [3.63, 3.8) is 0 Å². The summed E-state index contributed by atoms with van der Waals surface area (Å²) in [5, 5.41) is 12.6. The summed E-state index contributed by atoms with van der Waals surface area (Å²) in [6.45, 7) is 0. The molecule has 0 saturated carbocycles. The SMILES string of the molecule is COC(=O)CC1(C(=O)OC)c2ccc3ccccc3c2N(C#N)C1CCCBr. The van der Waals surface area contributed by atoms with Crippen molar-refractivity contribution in [2.24, 2.45) is 0 Å². The fourth-order valence-electron chi connectivity index (χ4n) is 4.21. The van der Waals surface area contributed by atoms with Crippen molar-refractivity contribution in [3.05, 3.63) is 42.0 Å². The van der Waals surface area contributed by atoms with Gasteiger partial charge in [-0.1, -0.05) is 52.3 Å². The molecule has 3 rings (SSSR count). The highest BCUT2D eigenvalue weighted by Gasteiger charge is 2.58. The number of anilines is 1. The smallest absolute Gasteiger partial charge is 0.319 e. The first kappa shape index (κ1) is 20.2. The number of hydrogen-bond donors (Lipinski definition) is 0. The van der Waals surface area contributed by atoms with Crippen molar-refractivity contribution >= 4 is 44.3 Å². The molecule has 1 heterocycles. The lowest BCUT2D eigenvalue weighted by atomic mass is 9.72. The van der Waals surface area contributed by atoms with E-state index in [0.29, 0.717) is 17.7 Å². The Bertz CT molecular complexity index is 955. The molecule has 0 N–H and O–H groups in total. The van der Waals surface area contributed by atoms with Gasteiger partial charge in [0.2, 0.25) is 0 Å². The minimum atomic E-state index is -1.31. The number of nitriles is 1. The Balaban J connectivity index is 2.34. The fourth-order valence-corrected chi connectivity index (χ4v) is 4.53. The van der Waals surface area contributed by atoms with E-state index in [1.54, 1.807) is 4.90 Å². The minimum absolute atomic E-state index is 0.188. The quantitative estimate of drug-likeness (QED) is 0.384. The summed E-state index contributed by atoms with van der Waals surface area (Å²) < 4.78 is 10.1. The first-order valence-corrected chi connectivity index (χ1v) is 10.1. The van der Waals surface area contributed by atoms with E-state index < -0.39 is 23.4 Å². The van der Waals surface area contributed by atoms with Gasteiger partial charge in [0.05, 0.1) is 32.4 Å². The Labute approximate surface area is 172 Å². The monoisotopic (exact) mass is 444 g/mol.